The second-order valence-corrected chi connectivity index (χ2v) is 12.5. The summed E-state index contributed by atoms with van der Waals surface area (Å²) < 4.78 is 5.52. The first-order valence-electron chi connectivity index (χ1n) is 15.6. The smallest absolute Gasteiger partial charge is 0.410 e. The van der Waals surface area contributed by atoms with Crippen LogP contribution in [0.4, 0.5) is 16.4 Å². The Morgan fingerprint density at radius 1 is 0.848 bits per heavy atom. The molecule has 14 heteroatoms. The van der Waals surface area contributed by atoms with E-state index < -0.39 is 0 Å². The number of H-pyrrole nitrogens is 2. The summed E-state index contributed by atoms with van der Waals surface area (Å²) >= 11 is 12.0. The number of likely N-dealkylation sites (tertiary alicyclic amines) is 1. The molecule has 0 unspecified atom stereocenters. The Hall–Kier alpha value is -4.13. The maximum Gasteiger partial charge on any atom is 0.410 e. The molecule has 12 nitrogen and oxygen atoms in total. The number of hydrogen-bond donors (Lipinski definition) is 5. The number of aromatic amines is 2. The van der Waals surface area contributed by atoms with Crippen LogP contribution in [0.5, 0.6) is 0 Å². The van der Waals surface area contributed by atoms with E-state index in [0.717, 1.165) is 53.6 Å². The molecule has 1 amide bonds. The number of amides is 1. The van der Waals surface area contributed by atoms with E-state index in [1.165, 1.54) is 6.42 Å². The fraction of sp³-hybridized carbons (Fsp3) is 0.406. The fourth-order valence-electron chi connectivity index (χ4n) is 5.84. The third-order valence-electron chi connectivity index (χ3n) is 8.44. The van der Waals surface area contributed by atoms with Crippen LogP contribution >= 0.6 is 23.2 Å². The van der Waals surface area contributed by atoms with Crippen LogP contribution in [-0.4, -0.2) is 78.2 Å². The van der Waals surface area contributed by atoms with Crippen molar-refractivity contribution in [1.82, 2.24) is 40.1 Å². The number of rotatable bonds is 6. The second-order valence-electron chi connectivity index (χ2n) is 11.9. The molecular weight excluding hydrogens is 627 g/mol. The molecule has 1 aromatic carbocycles. The van der Waals surface area contributed by atoms with Gasteiger partial charge in [0.25, 0.3) is 0 Å². The summed E-state index contributed by atoms with van der Waals surface area (Å²) in [5.41, 5.74) is 2.43. The lowest BCUT2D eigenvalue weighted by Gasteiger charge is -2.37. The Bertz CT molecular complexity index is 1760. The van der Waals surface area contributed by atoms with Gasteiger partial charge in [0.05, 0.1) is 10.8 Å². The summed E-state index contributed by atoms with van der Waals surface area (Å²) in [6.45, 7) is 6.03. The standard InChI is InChI=1S/C20H22ClN5O2.C12H16ClN5/c1-13-7-8-15(23-18-16-9-10-22-17(16)24-19(21)25-18)11-26(13)20(27)28-12-14-5-3-2-4-6-14;1-7-2-3-8(6-15-7)16-11-9-4-5-14-10(9)17-12(13)18-11/h2-6,9-10,13,15H,7-8,11-12H2,1H3,(H2,22,23,24,25);4-5,7-8,15H,2-3,6H2,1H3,(H2,14,16,17,18)/t13-,15+;7-,8+/m00/s1. The van der Waals surface area contributed by atoms with E-state index in [1.54, 1.807) is 11.1 Å². The van der Waals surface area contributed by atoms with E-state index in [1.807, 2.05) is 55.6 Å². The zero-order chi connectivity index (χ0) is 32.0. The number of benzene rings is 1. The van der Waals surface area contributed by atoms with Gasteiger partial charge in [-0.25, -0.2) is 14.8 Å². The van der Waals surface area contributed by atoms with Crippen LogP contribution in [0, 0.1) is 0 Å². The van der Waals surface area contributed by atoms with E-state index in [-0.39, 0.29) is 35.4 Å². The molecule has 242 valence electrons. The number of carbonyl (C=O) groups is 1. The third-order valence-corrected chi connectivity index (χ3v) is 8.78. The van der Waals surface area contributed by atoms with Crippen molar-refractivity contribution < 1.29 is 9.53 Å². The summed E-state index contributed by atoms with van der Waals surface area (Å²) in [7, 11) is 0. The van der Waals surface area contributed by atoms with Crippen molar-refractivity contribution in [2.75, 3.05) is 23.7 Å². The predicted molar refractivity (Wildman–Crippen MR) is 181 cm³/mol. The van der Waals surface area contributed by atoms with Crippen LogP contribution in [0.15, 0.2) is 54.9 Å². The monoisotopic (exact) mass is 664 g/mol. The third kappa shape index (κ3) is 7.80. The molecule has 2 aliphatic heterocycles. The van der Waals surface area contributed by atoms with Gasteiger partial charge in [-0.05, 0) is 80.4 Å². The maximum atomic E-state index is 12.6. The van der Waals surface area contributed by atoms with E-state index >= 15 is 0 Å². The van der Waals surface area contributed by atoms with Gasteiger partial charge >= 0.3 is 6.09 Å². The average Bonchev–Trinajstić information content (AvgIpc) is 3.73. The molecule has 0 spiro atoms. The van der Waals surface area contributed by atoms with E-state index in [9.17, 15) is 4.79 Å². The van der Waals surface area contributed by atoms with Gasteiger partial charge in [-0.1, -0.05) is 30.3 Å². The molecule has 0 saturated carbocycles. The lowest BCUT2D eigenvalue weighted by Crippen LogP contribution is -2.49. The van der Waals surface area contributed by atoms with Crippen LogP contribution in [0.1, 0.15) is 45.1 Å². The molecule has 0 radical (unpaired) electrons. The SMILES string of the molecule is C[C@H]1CC[C@@H](Nc2nc(Cl)nc3[nH]ccc23)CN1.C[C@H]1CC[C@@H](Nc2nc(Cl)nc3[nH]ccc23)CN1C(=O)OCc1ccccc1. The number of fused-ring (bicyclic) bond motifs is 2. The minimum absolute atomic E-state index is 0.0598. The van der Waals surface area contributed by atoms with Gasteiger partial charge in [-0.15, -0.1) is 0 Å². The molecule has 6 heterocycles. The minimum Gasteiger partial charge on any atom is -0.445 e. The van der Waals surface area contributed by atoms with Gasteiger partial charge in [0.2, 0.25) is 10.6 Å². The largest absolute Gasteiger partial charge is 0.445 e. The average molecular weight is 666 g/mol. The number of anilines is 2. The Labute approximate surface area is 277 Å². The number of aromatic nitrogens is 6. The topological polar surface area (TPSA) is 149 Å². The van der Waals surface area contributed by atoms with E-state index in [0.29, 0.717) is 30.1 Å². The van der Waals surface area contributed by atoms with Crippen molar-refractivity contribution in [3.63, 3.8) is 0 Å². The fourth-order valence-corrected chi connectivity index (χ4v) is 6.18. The number of nitrogens with zero attached hydrogens (tertiary/aromatic N) is 5. The Balaban J connectivity index is 0.000000178. The predicted octanol–water partition coefficient (Wildman–Crippen LogP) is 6.38. The molecule has 2 fully saturated rings. The molecule has 5 aromatic rings. The van der Waals surface area contributed by atoms with Crippen molar-refractivity contribution in [3.8, 4) is 0 Å². The highest BCUT2D eigenvalue weighted by molar-refractivity contribution is 6.29. The molecule has 0 bridgehead atoms. The first kappa shape index (κ1) is 31.8. The van der Waals surface area contributed by atoms with Gasteiger partial charge in [0.15, 0.2) is 0 Å². The van der Waals surface area contributed by atoms with Crippen molar-refractivity contribution >= 4 is 63.0 Å². The summed E-state index contributed by atoms with van der Waals surface area (Å²) in [6.07, 6.45) is 7.48. The van der Waals surface area contributed by atoms with Crippen LogP contribution in [0.25, 0.3) is 22.1 Å². The molecule has 46 heavy (non-hydrogen) atoms. The van der Waals surface area contributed by atoms with Gasteiger partial charge in [0.1, 0.15) is 29.5 Å². The number of halogens is 2. The number of ether oxygens (including phenoxy) is 1. The van der Waals surface area contributed by atoms with Gasteiger partial charge in [0, 0.05) is 49.7 Å². The Kier molecular flexibility index (Phi) is 10.1. The summed E-state index contributed by atoms with van der Waals surface area (Å²) in [5, 5.41) is 12.7. The zero-order valence-corrected chi connectivity index (χ0v) is 27.3. The normalized spacial score (nSPS) is 21.4. The lowest BCUT2D eigenvalue weighted by atomic mass is 10.00. The highest BCUT2D eigenvalue weighted by atomic mass is 35.5. The van der Waals surface area contributed by atoms with E-state index in [2.05, 4.69) is 52.8 Å². The lowest BCUT2D eigenvalue weighted by molar-refractivity contribution is 0.0696. The van der Waals surface area contributed by atoms with Crippen molar-refractivity contribution in [3.05, 3.63) is 71.0 Å². The molecule has 5 N–H and O–H groups in total. The van der Waals surface area contributed by atoms with Crippen LogP contribution < -0.4 is 16.0 Å². The molecule has 4 aromatic heterocycles. The number of hydrogen-bond acceptors (Lipinski definition) is 9. The molecular formula is C32H38Cl2N10O2. The first-order valence-corrected chi connectivity index (χ1v) is 16.3. The number of nitrogens with one attached hydrogen (secondary N) is 5. The van der Waals surface area contributed by atoms with Crippen LogP contribution in [-0.2, 0) is 11.3 Å². The second kappa shape index (κ2) is 14.5. The summed E-state index contributed by atoms with van der Waals surface area (Å²) in [5.74, 6) is 1.49. The molecule has 2 saturated heterocycles. The summed E-state index contributed by atoms with van der Waals surface area (Å²) in [4.78, 5) is 37.4. The van der Waals surface area contributed by atoms with Gasteiger partial charge in [-0.3, -0.25) is 0 Å². The van der Waals surface area contributed by atoms with Gasteiger partial charge < -0.3 is 35.6 Å². The zero-order valence-electron chi connectivity index (χ0n) is 25.8. The van der Waals surface area contributed by atoms with Gasteiger partial charge in [-0.2, -0.15) is 9.97 Å². The molecule has 7 rings (SSSR count). The maximum absolute atomic E-state index is 12.6. The quantitative estimate of drug-likeness (QED) is 0.130. The minimum atomic E-state index is -0.296. The first-order chi connectivity index (χ1) is 22.3. The highest BCUT2D eigenvalue weighted by Crippen LogP contribution is 2.26. The molecule has 2 aliphatic rings. The Morgan fingerprint density at radius 2 is 1.46 bits per heavy atom. The number of piperidine rings is 2. The van der Waals surface area contributed by atoms with Crippen molar-refractivity contribution in [2.24, 2.45) is 0 Å². The number of carbonyl (C=O) groups excluding carboxylic acids is 1. The Morgan fingerprint density at radius 3 is 2.07 bits per heavy atom. The van der Waals surface area contributed by atoms with E-state index in [4.69, 9.17) is 27.9 Å². The van der Waals surface area contributed by atoms with Crippen molar-refractivity contribution in [2.45, 2.75) is 70.3 Å². The van der Waals surface area contributed by atoms with Crippen LogP contribution in [0.3, 0.4) is 0 Å². The summed E-state index contributed by atoms with van der Waals surface area (Å²) in [6, 6.07) is 14.7. The highest BCUT2D eigenvalue weighted by Gasteiger charge is 2.30. The molecule has 0 aliphatic carbocycles. The van der Waals surface area contributed by atoms with Crippen molar-refractivity contribution in [1.29, 1.82) is 0 Å². The molecule has 4 atom stereocenters. The van der Waals surface area contributed by atoms with Crippen LogP contribution in [0.2, 0.25) is 10.6 Å².